The van der Waals surface area contributed by atoms with E-state index in [1.807, 2.05) is 0 Å². The molecular formula is C12H14N2O4. The van der Waals surface area contributed by atoms with E-state index >= 15 is 0 Å². The van der Waals surface area contributed by atoms with Gasteiger partial charge in [-0.15, -0.1) is 0 Å². The Morgan fingerprint density at radius 2 is 2.06 bits per heavy atom. The summed E-state index contributed by atoms with van der Waals surface area (Å²) in [4.78, 5) is 22.2. The van der Waals surface area contributed by atoms with Crippen molar-refractivity contribution in [3.8, 4) is 11.5 Å². The van der Waals surface area contributed by atoms with Gasteiger partial charge in [0.25, 0.3) is 0 Å². The van der Waals surface area contributed by atoms with Crippen molar-refractivity contribution in [2.75, 3.05) is 18.7 Å². The Morgan fingerprint density at radius 1 is 1.28 bits per heavy atom. The molecule has 1 aromatic rings. The predicted octanol–water partition coefficient (Wildman–Crippen LogP) is 1.52. The number of hydrogen-bond donors (Lipinski definition) is 2. The van der Waals surface area contributed by atoms with E-state index in [9.17, 15) is 9.59 Å². The summed E-state index contributed by atoms with van der Waals surface area (Å²) in [6, 6.07) is 4.79. The van der Waals surface area contributed by atoms with Crippen LogP contribution in [0.4, 0.5) is 10.5 Å². The minimum atomic E-state index is -0.352. The summed E-state index contributed by atoms with van der Waals surface area (Å²) in [5.74, 6) is 1.31. The fourth-order valence-electron chi connectivity index (χ4n) is 1.50. The molecule has 2 amide bonds. The SMILES string of the molecule is CC(=O)CCNC(=O)Nc1ccc2c(c1)OCO2. The van der Waals surface area contributed by atoms with Gasteiger partial charge >= 0.3 is 6.03 Å². The summed E-state index contributed by atoms with van der Waals surface area (Å²) in [5, 5.41) is 5.24. The quantitative estimate of drug-likeness (QED) is 0.849. The van der Waals surface area contributed by atoms with E-state index < -0.39 is 0 Å². The monoisotopic (exact) mass is 250 g/mol. The Balaban J connectivity index is 1.85. The Bertz CT molecular complexity index is 473. The number of carbonyl (C=O) groups excluding carboxylic acids is 2. The van der Waals surface area contributed by atoms with Gasteiger partial charge in [0.1, 0.15) is 5.78 Å². The minimum absolute atomic E-state index is 0.0402. The highest BCUT2D eigenvalue weighted by molar-refractivity contribution is 5.90. The van der Waals surface area contributed by atoms with Crippen molar-refractivity contribution in [2.24, 2.45) is 0 Å². The van der Waals surface area contributed by atoms with Gasteiger partial charge in [-0.3, -0.25) is 4.79 Å². The number of anilines is 1. The van der Waals surface area contributed by atoms with Crippen LogP contribution in [0.5, 0.6) is 11.5 Å². The molecule has 0 aromatic heterocycles. The van der Waals surface area contributed by atoms with Crippen LogP contribution in [0.25, 0.3) is 0 Å². The maximum atomic E-state index is 11.5. The number of benzene rings is 1. The van der Waals surface area contributed by atoms with Crippen LogP contribution < -0.4 is 20.1 Å². The van der Waals surface area contributed by atoms with Gasteiger partial charge in [-0.05, 0) is 19.1 Å². The van der Waals surface area contributed by atoms with Gasteiger partial charge in [-0.25, -0.2) is 4.79 Å². The first-order valence-corrected chi connectivity index (χ1v) is 5.59. The Hall–Kier alpha value is -2.24. The molecule has 2 rings (SSSR count). The molecule has 1 heterocycles. The Kier molecular flexibility index (Phi) is 3.66. The molecule has 6 nitrogen and oxygen atoms in total. The lowest BCUT2D eigenvalue weighted by Crippen LogP contribution is -2.30. The zero-order valence-electron chi connectivity index (χ0n) is 9.99. The van der Waals surface area contributed by atoms with Gasteiger partial charge in [0, 0.05) is 24.7 Å². The third kappa shape index (κ3) is 3.13. The van der Waals surface area contributed by atoms with Crippen LogP contribution in [-0.4, -0.2) is 25.2 Å². The normalized spacial score (nSPS) is 12.1. The molecule has 6 heteroatoms. The van der Waals surface area contributed by atoms with Crippen molar-refractivity contribution in [2.45, 2.75) is 13.3 Å². The van der Waals surface area contributed by atoms with Crippen LogP contribution in [0.15, 0.2) is 18.2 Å². The maximum Gasteiger partial charge on any atom is 0.319 e. The van der Waals surface area contributed by atoms with E-state index in [1.165, 1.54) is 6.92 Å². The van der Waals surface area contributed by atoms with E-state index in [2.05, 4.69) is 10.6 Å². The van der Waals surface area contributed by atoms with Gasteiger partial charge in [-0.2, -0.15) is 0 Å². The average molecular weight is 250 g/mol. The molecule has 96 valence electrons. The molecule has 2 N–H and O–H groups in total. The highest BCUT2D eigenvalue weighted by Gasteiger charge is 2.13. The molecule has 0 aliphatic carbocycles. The maximum absolute atomic E-state index is 11.5. The zero-order chi connectivity index (χ0) is 13.0. The second-order valence-electron chi connectivity index (χ2n) is 3.90. The van der Waals surface area contributed by atoms with Crippen molar-refractivity contribution >= 4 is 17.5 Å². The first-order valence-electron chi connectivity index (χ1n) is 5.59. The smallest absolute Gasteiger partial charge is 0.319 e. The number of carbonyl (C=O) groups is 2. The Morgan fingerprint density at radius 3 is 2.83 bits per heavy atom. The van der Waals surface area contributed by atoms with E-state index in [4.69, 9.17) is 9.47 Å². The van der Waals surface area contributed by atoms with Crippen molar-refractivity contribution in [1.29, 1.82) is 0 Å². The fourth-order valence-corrected chi connectivity index (χ4v) is 1.50. The summed E-state index contributed by atoms with van der Waals surface area (Å²) in [6.07, 6.45) is 0.328. The molecule has 0 saturated carbocycles. The molecule has 0 atom stereocenters. The molecule has 1 aliphatic rings. The highest BCUT2D eigenvalue weighted by Crippen LogP contribution is 2.34. The number of ketones is 1. The van der Waals surface area contributed by atoms with Gasteiger partial charge in [-0.1, -0.05) is 0 Å². The molecule has 1 aromatic carbocycles. The molecule has 0 radical (unpaired) electrons. The molecule has 0 bridgehead atoms. The van der Waals surface area contributed by atoms with Gasteiger partial charge < -0.3 is 20.1 Å². The molecular weight excluding hydrogens is 236 g/mol. The second-order valence-corrected chi connectivity index (χ2v) is 3.90. The van der Waals surface area contributed by atoms with Crippen molar-refractivity contribution in [3.63, 3.8) is 0 Å². The van der Waals surface area contributed by atoms with E-state index in [-0.39, 0.29) is 18.6 Å². The molecule has 18 heavy (non-hydrogen) atoms. The third-order valence-electron chi connectivity index (χ3n) is 2.39. The van der Waals surface area contributed by atoms with Gasteiger partial charge in [0.2, 0.25) is 6.79 Å². The standard InChI is InChI=1S/C12H14N2O4/c1-8(15)4-5-13-12(16)14-9-2-3-10-11(6-9)18-7-17-10/h2-3,6H,4-5,7H2,1H3,(H2,13,14,16). The number of Topliss-reactive ketones (excluding diaryl/α,β-unsaturated/α-hetero) is 1. The number of fused-ring (bicyclic) bond motifs is 1. The van der Waals surface area contributed by atoms with Crippen LogP contribution in [-0.2, 0) is 4.79 Å². The van der Waals surface area contributed by atoms with Gasteiger partial charge in [0.05, 0.1) is 0 Å². The molecule has 1 aliphatic heterocycles. The van der Waals surface area contributed by atoms with Crippen molar-refractivity contribution in [1.82, 2.24) is 5.32 Å². The molecule has 0 fully saturated rings. The van der Waals surface area contributed by atoms with Crippen LogP contribution >= 0.6 is 0 Å². The average Bonchev–Trinajstić information content (AvgIpc) is 2.75. The predicted molar refractivity (Wildman–Crippen MR) is 64.9 cm³/mol. The molecule has 0 unspecified atom stereocenters. The summed E-state index contributed by atoms with van der Waals surface area (Å²) >= 11 is 0. The number of hydrogen-bond acceptors (Lipinski definition) is 4. The Labute approximate surface area is 104 Å². The topological polar surface area (TPSA) is 76.7 Å². The summed E-state index contributed by atoms with van der Waals surface area (Å²) in [6.45, 7) is 2.01. The van der Waals surface area contributed by atoms with Crippen LogP contribution in [0, 0.1) is 0 Å². The lowest BCUT2D eigenvalue weighted by Gasteiger charge is -2.07. The molecule has 0 spiro atoms. The van der Waals surface area contributed by atoms with E-state index in [0.717, 1.165) is 0 Å². The van der Waals surface area contributed by atoms with Crippen molar-refractivity contribution < 1.29 is 19.1 Å². The van der Waals surface area contributed by atoms with Crippen LogP contribution in [0.3, 0.4) is 0 Å². The summed E-state index contributed by atoms with van der Waals surface area (Å²) in [7, 11) is 0. The molecule has 0 saturated heterocycles. The van der Waals surface area contributed by atoms with E-state index in [0.29, 0.717) is 30.2 Å². The number of nitrogens with one attached hydrogen (secondary N) is 2. The fraction of sp³-hybridized carbons (Fsp3) is 0.333. The van der Waals surface area contributed by atoms with Crippen LogP contribution in [0.1, 0.15) is 13.3 Å². The first kappa shape index (κ1) is 12.2. The lowest BCUT2D eigenvalue weighted by molar-refractivity contribution is -0.116. The number of urea groups is 1. The summed E-state index contributed by atoms with van der Waals surface area (Å²) < 4.78 is 10.4. The minimum Gasteiger partial charge on any atom is -0.454 e. The third-order valence-corrected chi connectivity index (χ3v) is 2.39. The van der Waals surface area contributed by atoms with Crippen LogP contribution in [0.2, 0.25) is 0 Å². The first-order chi connectivity index (χ1) is 8.65. The second kappa shape index (κ2) is 5.39. The van der Waals surface area contributed by atoms with E-state index in [1.54, 1.807) is 18.2 Å². The van der Waals surface area contributed by atoms with Crippen molar-refractivity contribution in [3.05, 3.63) is 18.2 Å². The zero-order valence-corrected chi connectivity index (χ0v) is 9.99. The number of amides is 2. The van der Waals surface area contributed by atoms with Gasteiger partial charge in [0.15, 0.2) is 11.5 Å². The lowest BCUT2D eigenvalue weighted by atomic mass is 10.3. The number of ether oxygens (including phenoxy) is 2. The summed E-state index contributed by atoms with van der Waals surface area (Å²) in [5.41, 5.74) is 0.611. The number of rotatable bonds is 4. The largest absolute Gasteiger partial charge is 0.454 e. The highest BCUT2D eigenvalue weighted by atomic mass is 16.7.